The van der Waals surface area contributed by atoms with Gasteiger partial charge in [0.2, 0.25) is 0 Å². The van der Waals surface area contributed by atoms with Gasteiger partial charge in [-0.3, -0.25) is 0 Å². The van der Waals surface area contributed by atoms with E-state index in [4.69, 9.17) is 5.26 Å². The van der Waals surface area contributed by atoms with E-state index in [0.29, 0.717) is 0 Å². The summed E-state index contributed by atoms with van der Waals surface area (Å²) in [5, 5.41) is 10.5. The molecule has 0 saturated carbocycles. The van der Waals surface area contributed by atoms with Crippen LogP contribution in [-0.4, -0.2) is 21.5 Å². The summed E-state index contributed by atoms with van der Waals surface area (Å²) >= 11 is 0.929. The zero-order valence-corrected chi connectivity index (χ0v) is 11.7. The second-order valence-electron chi connectivity index (χ2n) is 4.66. The highest BCUT2D eigenvalue weighted by Gasteiger charge is 2.17. The molecule has 0 aliphatic heterocycles. The molecule has 2 aromatic rings. The van der Waals surface area contributed by atoms with Crippen molar-refractivity contribution in [2.24, 2.45) is 0 Å². The third kappa shape index (κ3) is 4.30. The molecule has 0 atom stereocenters. The molecule has 0 saturated heterocycles. The number of aromatic nitrogens is 2. The Morgan fingerprint density at radius 3 is 2.39 bits per heavy atom. The third-order valence-corrected chi connectivity index (χ3v) is 2.40. The zero-order valence-electron chi connectivity index (χ0n) is 10.9. The molecule has 1 aromatic heterocycles. The maximum atomic E-state index is 7.32. The molecule has 2 N–H and O–H groups in total. The van der Waals surface area contributed by atoms with Crippen molar-refractivity contribution in [3.8, 4) is 0 Å². The fourth-order valence-electron chi connectivity index (χ4n) is 1.34. The van der Waals surface area contributed by atoms with E-state index in [2.05, 4.69) is 46.2 Å². The van der Waals surface area contributed by atoms with Gasteiger partial charge in [-0.2, -0.15) is 0 Å². The van der Waals surface area contributed by atoms with Gasteiger partial charge in [0.05, 0.1) is 11.0 Å². The molecule has 18 heavy (non-hydrogen) atoms. The van der Waals surface area contributed by atoms with Crippen molar-refractivity contribution in [2.75, 3.05) is 6.26 Å². The van der Waals surface area contributed by atoms with Crippen molar-refractivity contribution in [3.05, 3.63) is 30.1 Å². The summed E-state index contributed by atoms with van der Waals surface area (Å²) in [5.74, 6) is 1.05. The number of para-hydroxylation sites is 2. The van der Waals surface area contributed by atoms with Crippen LogP contribution >= 0.6 is 12.0 Å². The van der Waals surface area contributed by atoms with Crippen LogP contribution in [0.3, 0.4) is 0 Å². The van der Waals surface area contributed by atoms with Crippen LogP contribution in [0.25, 0.3) is 11.0 Å². The number of aromatic amines is 1. The second kappa shape index (κ2) is 6.75. The van der Waals surface area contributed by atoms with Gasteiger partial charge in [-0.05, 0) is 12.1 Å². The average Bonchev–Trinajstić information content (AvgIpc) is 2.74. The SMILES string of the molecule is CC(C)(C)c1nc2ccccc2[nH]1.CSOOO. The van der Waals surface area contributed by atoms with Crippen LogP contribution in [-0.2, 0) is 14.8 Å². The molecule has 100 valence electrons. The molecule has 0 aliphatic carbocycles. The molecule has 0 bridgehead atoms. The van der Waals surface area contributed by atoms with Gasteiger partial charge in [-0.1, -0.05) is 37.9 Å². The van der Waals surface area contributed by atoms with E-state index >= 15 is 0 Å². The van der Waals surface area contributed by atoms with Crippen LogP contribution in [0.2, 0.25) is 0 Å². The van der Waals surface area contributed by atoms with Crippen molar-refractivity contribution < 1.29 is 14.6 Å². The van der Waals surface area contributed by atoms with Gasteiger partial charge in [0.25, 0.3) is 0 Å². The highest BCUT2D eigenvalue weighted by molar-refractivity contribution is 7.93. The normalized spacial score (nSPS) is 11.2. The van der Waals surface area contributed by atoms with Gasteiger partial charge in [0.15, 0.2) is 0 Å². The number of benzene rings is 1. The molecule has 0 unspecified atom stereocenters. The molecule has 0 fully saturated rings. The Hall–Kier alpha value is -1.08. The first kappa shape index (κ1) is 15.0. The molecule has 5 nitrogen and oxygen atoms in total. The number of fused-ring (bicyclic) bond motifs is 1. The number of nitrogens with zero attached hydrogens (tertiary/aromatic N) is 1. The highest BCUT2D eigenvalue weighted by Crippen LogP contribution is 2.21. The Morgan fingerprint density at radius 1 is 1.28 bits per heavy atom. The van der Waals surface area contributed by atoms with E-state index in [1.165, 1.54) is 0 Å². The Bertz CT molecular complexity index is 444. The molecule has 0 spiro atoms. The van der Waals surface area contributed by atoms with Crippen molar-refractivity contribution in [2.45, 2.75) is 26.2 Å². The second-order valence-corrected chi connectivity index (χ2v) is 5.13. The van der Waals surface area contributed by atoms with Crippen LogP contribution in [0, 0.1) is 0 Å². The summed E-state index contributed by atoms with van der Waals surface area (Å²) in [6.45, 7) is 6.47. The van der Waals surface area contributed by atoms with Gasteiger partial charge in [0, 0.05) is 23.7 Å². The number of imidazole rings is 1. The first-order chi connectivity index (χ1) is 8.49. The first-order valence-electron chi connectivity index (χ1n) is 5.45. The standard InChI is InChI=1S/C11H14N2.CH4O3S/c1-11(2,3)10-12-8-6-4-5-7-9(8)13-10;1-5-4-3-2/h4-7H,1-3H3,(H,12,13);2H,1H3. The van der Waals surface area contributed by atoms with Crippen molar-refractivity contribution in [1.82, 2.24) is 9.97 Å². The number of nitrogens with one attached hydrogen (secondary N) is 1. The molecular weight excluding hydrogens is 252 g/mol. The van der Waals surface area contributed by atoms with Gasteiger partial charge < -0.3 is 4.98 Å². The lowest BCUT2D eigenvalue weighted by Crippen LogP contribution is -2.12. The highest BCUT2D eigenvalue weighted by atomic mass is 32.2. The van der Waals surface area contributed by atoms with Crippen molar-refractivity contribution >= 4 is 23.1 Å². The number of rotatable bonds is 2. The monoisotopic (exact) mass is 270 g/mol. The largest absolute Gasteiger partial charge is 0.342 e. The van der Waals surface area contributed by atoms with E-state index in [1.54, 1.807) is 6.26 Å². The van der Waals surface area contributed by atoms with E-state index in [0.717, 1.165) is 28.9 Å². The molecule has 6 heteroatoms. The number of hydrogen-bond acceptors (Lipinski definition) is 5. The lowest BCUT2D eigenvalue weighted by molar-refractivity contribution is -0.432. The summed E-state index contributed by atoms with van der Waals surface area (Å²) in [6.07, 6.45) is 1.62. The van der Waals surface area contributed by atoms with Gasteiger partial charge in [-0.25, -0.2) is 10.2 Å². The van der Waals surface area contributed by atoms with Gasteiger partial charge >= 0.3 is 0 Å². The summed E-state index contributed by atoms with van der Waals surface area (Å²) in [6, 6.07) is 8.11. The third-order valence-electron chi connectivity index (χ3n) is 2.20. The summed E-state index contributed by atoms with van der Waals surface area (Å²) in [7, 11) is 0. The molecule has 1 aromatic carbocycles. The van der Waals surface area contributed by atoms with E-state index in [1.807, 2.05) is 18.2 Å². The maximum absolute atomic E-state index is 7.32. The van der Waals surface area contributed by atoms with Crippen LogP contribution in [0.1, 0.15) is 26.6 Å². The minimum Gasteiger partial charge on any atom is -0.342 e. The average molecular weight is 270 g/mol. The molecule has 0 radical (unpaired) electrons. The van der Waals surface area contributed by atoms with Gasteiger partial charge in [0.1, 0.15) is 5.82 Å². The van der Waals surface area contributed by atoms with Crippen LogP contribution in [0.5, 0.6) is 0 Å². The zero-order chi connectivity index (χ0) is 13.6. The molecular formula is C12H18N2O3S. The van der Waals surface area contributed by atoms with Crippen LogP contribution in [0.4, 0.5) is 0 Å². The smallest absolute Gasteiger partial charge is 0.112 e. The fourth-order valence-corrected chi connectivity index (χ4v) is 1.40. The maximum Gasteiger partial charge on any atom is 0.112 e. The number of hydrogen-bond donors (Lipinski definition) is 2. The molecule has 0 amide bonds. The Balaban J connectivity index is 0.000000280. The summed E-state index contributed by atoms with van der Waals surface area (Å²) in [5.41, 5.74) is 2.26. The van der Waals surface area contributed by atoms with E-state index in [-0.39, 0.29) is 5.41 Å². The molecule has 2 rings (SSSR count). The van der Waals surface area contributed by atoms with Crippen LogP contribution < -0.4 is 0 Å². The van der Waals surface area contributed by atoms with E-state index in [9.17, 15) is 0 Å². The van der Waals surface area contributed by atoms with E-state index < -0.39 is 0 Å². The summed E-state index contributed by atoms with van der Waals surface area (Å²) in [4.78, 5) is 7.85. The Morgan fingerprint density at radius 2 is 1.94 bits per heavy atom. The Kier molecular flexibility index (Phi) is 5.61. The van der Waals surface area contributed by atoms with Gasteiger partial charge in [-0.15, -0.1) is 4.33 Å². The minimum absolute atomic E-state index is 0.0962. The minimum atomic E-state index is 0.0962. The van der Waals surface area contributed by atoms with Crippen molar-refractivity contribution in [1.29, 1.82) is 0 Å². The predicted octanol–water partition coefficient (Wildman–Crippen LogP) is 3.55. The fraction of sp³-hybridized carbons (Fsp3) is 0.417. The number of H-pyrrole nitrogens is 1. The molecule has 1 heterocycles. The topological polar surface area (TPSA) is 67.4 Å². The van der Waals surface area contributed by atoms with Crippen molar-refractivity contribution in [3.63, 3.8) is 0 Å². The lowest BCUT2D eigenvalue weighted by atomic mass is 9.96. The summed E-state index contributed by atoms with van der Waals surface area (Å²) < 4.78 is 3.81. The van der Waals surface area contributed by atoms with Crippen LogP contribution in [0.15, 0.2) is 24.3 Å². The Labute approximate surface area is 111 Å². The first-order valence-corrected chi connectivity index (χ1v) is 6.60. The quantitative estimate of drug-likeness (QED) is 0.496. The molecule has 0 aliphatic rings. The lowest BCUT2D eigenvalue weighted by Gasteiger charge is -2.13. The predicted molar refractivity (Wildman–Crippen MR) is 73.1 cm³/mol.